The molecule has 2 heterocycles. The molecule has 1 N–H and O–H groups in total. The summed E-state index contributed by atoms with van der Waals surface area (Å²) in [6.07, 6.45) is 1.89. The van der Waals surface area contributed by atoms with Crippen molar-refractivity contribution in [1.82, 2.24) is 19.8 Å². The van der Waals surface area contributed by atoms with Crippen LogP contribution in [0.15, 0.2) is 16.9 Å². The van der Waals surface area contributed by atoms with Gasteiger partial charge in [-0.2, -0.15) is 0 Å². The van der Waals surface area contributed by atoms with Crippen LogP contribution in [0, 0.1) is 11.7 Å². The number of halogens is 2. The Labute approximate surface area is 164 Å². The molecular weight excluding hydrogens is 367 g/mol. The number of rotatable bonds is 5. The quantitative estimate of drug-likeness (QED) is 0.841. The van der Waals surface area contributed by atoms with Crippen molar-refractivity contribution < 1.29 is 4.39 Å². The summed E-state index contributed by atoms with van der Waals surface area (Å²) in [4.78, 5) is 20.3. The molecule has 7 heteroatoms. The summed E-state index contributed by atoms with van der Waals surface area (Å²) >= 11 is 5.90. The van der Waals surface area contributed by atoms with Gasteiger partial charge in [0.05, 0.1) is 22.0 Å². The number of hydrogen-bond acceptors (Lipinski definition) is 4. The number of nitrogens with zero attached hydrogens (tertiary/aromatic N) is 3. The lowest BCUT2D eigenvalue weighted by molar-refractivity contribution is 0.169. The minimum Gasteiger partial charge on any atom is -0.315 e. The first-order chi connectivity index (χ1) is 13.0. The van der Waals surface area contributed by atoms with Gasteiger partial charge in [0, 0.05) is 32.2 Å². The third kappa shape index (κ3) is 4.18. The van der Waals surface area contributed by atoms with E-state index in [9.17, 15) is 9.18 Å². The van der Waals surface area contributed by atoms with Gasteiger partial charge in [-0.05, 0) is 31.9 Å². The summed E-state index contributed by atoms with van der Waals surface area (Å²) in [6.45, 7) is 10.6. The van der Waals surface area contributed by atoms with Crippen molar-refractivity contribution in [2.75, 3.05) is 26.2 Å². The van der Waals surface area contributed by atoms with E-state index >= 15 is 0 Å². The highest BCUT2D eigenvalue weighted by atomic mass is 35.5. The molecular formula is C20H28ClFN4O. The molecule has 2 aromatic rings. The average molecular weight is 395 g/mol. The predicted octanol–water partition coefficient (Wildman–Crippen LogP) is 3.59. The molecule has 1 saturated heterocycles. The van der Waals surface area contributed by atoms with Crippen molar-refractivity contribution in [3.8, 4) is 0 Å². The normalized spacial score (nSPS) is 20.0. The minimum atomic E-state index is -0.545. The molecule has 5 nitrogen and oxygen atoms in total. The van der Waals surface area contributed by atoms with Crippen molar-refractivity contribution in [2.24, 2.45) is 5.92 Å². The second-order valence-electron chi connectivity index (χ2n) is 7.41. The van der Waals surface area contributed by atoms with Gasteiger partial charge in [-0.3, -0.25) is 14.3 Å². The van der Waals surface area contributed by atoms with E-state index in [2.05, 4.69) is 24.1 Å². The van der Waals surface area contributed by atoms with Crippen molar-refractivity contribution >= 4 is 22.5 Å². The summed E-state index contributed by atoms with van der Waals surface area (Å²) in [5.74, 6) is 0.703. The summed E-state index contributed by atoms with van der Waals surface area (Å²) in [7, 11) is 0. The van der Waals surface area contributed by atoms with Crippen molar-refractivity contribution in [2.45, 2.75) is 46.2 Å². The fraction of sp³-hybridized carbons (Fsp3) is 0.600. The monoisotopic (exact) mass is 394 g/mol. The van der Waals surface area contributed by atoms with Crippen LogP contribution < -0.4 is 10.9 Å². The lowest BCUT2D eigenvalue weighted by atomic mass is 10.1. The molecule has 1 unspecified atom stereocenters. The summed E-state index contributed by atoms with van der Waals surface area (Å²) < 4.78 is 15.7. The van der Waals surface area contributed by atoms with Gasteiger partial charge < -0.3 is 5.32 Å². The molecule has 0 amide bonds. The molecule has 1 aromatic carbocycles. The lowest BCUT2D eigenvalue weighted by Crippen LogP contribution is -2.38. The van der Waals surface area contributed by atoms with Gasteiger partial charge in [0.1, 0.15) is 11.6 Å². The number of nitrogens with one attached hydrogen (secondary N) is 1. The number of hydrogen-bond donors (Lipinski definition) is 1. The number of benzene rings is 1. The largest absolute Gasteiger partial charge is 0.315 e. The van der Waals surface area contributed by atoms with Gasteiger partial charge in [-0.25, -0.2) is 9.37 Å². The van der Waals surface area contributed by atoms with E-state index in [0.717, 1.165) is 44.8 Å². The van der Waals surface area contributed by atoms with Crippen molar-refractivity contribution in [3.63, 3.8) is 0 Å². The smallest absolute Gasteiger partial charge is 0.261 e. The molecule has 1 aliphatic heterocycles. The highest BCUT2D eigenvalue weighted by molar-refractivity contribution is 6.31. The first kappa shape index (κ1) is 20.2. The van der Waals surface area contributed by atoms with Crippen LogP contribution in [0.3, 0.4) is 0 Å². The zero-order chi connectivity index (χ0) is 19.6. The van der Waals surface area contributed by atoms with E-state index in [1.165, 1.54) is 12.1 Å². The van der Waals surface area contributed by atoms with Gasteiger partial charge >= 0.3 is 0 Å². The molecule has 2 atom stereocenters. The van der Waals surface area contributed by atoms with Crippen LogP contribution >= 0.6 is 11.6 Å². The maximum Gasteiger partial charge on any atom is 0.261 e. The molecule has 0 spiro atoms. The second-order valence-corrected chi connectivity index (χ2v) is 7.82. The standard InChI is InChI=1S/C20H28ClFN4O/c1-4-6-18(25-8-7-23-11-13(3)12-25)19-24-17-10-16(22)15(21)9-14(17)20(27)26(19)5-2/h9-10,13,18,23H,4-8,11-12H2,1-3H3/t13?,18-/m1/s1. The van der Waals surface area contributed by atoms with Gasteiger partial charge in [0.15, 0.2) is 0 Å². The topological polar surface area (TPSA) is 50.2 Å². The molecule has 0 radical (unpaired) electrons. The Hall–Kier alpha value is -1.50. The maximum atomic E-state index is 14.0. The zero-order valence-corrected chi connectivity index (χ0v) is 17.0. The molecule has 0 saturated carbocycles. The van der Waals surface area contributed by atoms with Crippen LogP contribution in [-0.2, 0) is 6.54 Å². The summed E-state index contributed by atoms with van der Waals surface area (Å²) in [6, 6.07) is 2.70. The van der Waals surface area contributed by atoms with Gasteiger partial charge in [-0.1, -0.05) is 31.9 Å². The number of aromatic nitrogens is 2. The first-order valence-electron chi connectivity index (χ1n) is 9.80. The average Bonchev–Trinajstić information content (AvgIpc) is 2.85. The zero-order valence-electron chi connectivity index (χ0n) is 16.3. The van der Waals surface area contributed by atoms with Crippen LogP contribution in [0.25, 0.3) is 10.9 Å². The molecule has 1 aliphatic rings. The Morgan fingerprint density at radius 1 is 1.41 bits per heavy atom. The molecule has 0 aliphatic carbocycles. The van der Waals surface area contributed by atoms with E-state index < -0.39 is 5.82 Å². The summed E-state index contributed by atoms with van der Waals surface area (Å²) in [5, 5.41) is 3.79. The van der Waals surface area contributed by atoms with E-state index in [4.69, 9.17) is 16.6 Å². The van der Waals surface area contributed by atoms with E-state index in [1.54, 1.807) is 4.57 Å². The van der Waals surface area contributed by atoms with Gasteiger partial charge in [-0.15, -0.1) is 0 Å². The fourth-order valence-electron chi connectivity index (χ4n) is 3.95. The SMILES string of the molecule is CCC[C@H](c1nc2cc(F)c(Cl)cc2c(=O)n1CC)N1CCNCC(C)C1. The predicted molar refractivity (Wildman–Crippen MR) is 108 cm³/mol. The van der Waals surface area contributed by atoms with Crippen LogP contribution in [0.4, 0.5) is 4.39 Å². The Morgan fingerprint density at radius 2 is 2.19 bits per heavy atom. The Bertz CT molecular complexity index is 869. The maximum absolute atomic E-state index is 14.0. The molecule has 27 heavy (non-hydrogen) atoms. The first-order valence-corrected chi connectivity index (χ1v) is 10.2. The van der Waals surface area contributed by atoms with Crippen LogP contribution in [0.5, 0.6) is 0 Å². The van der Waals surface area contributed by atoms with Crippen LogP contribution in [-0.4, -0.2) is 40.6 Å². The third-order valence-electron chi connectivity index (χ3n) is 5.26. The fourth-order valence-corrected chi connectivity index (χ4v) is 4.12. The Balaban J connectivity index is 2.16. The molecule has 0 bridgehead atoms. The molecule has 1 aromatic heterocycles. The van der Waals surface area contributed by atoms with E-state index in [-0.39, 0.29) is 16.6 Å². The Morgan fingerprint density at radius 3 is 2.89 bits per heavy atom. The second kappa shape index (κ2) is 8.67. The van der Waals surface area contributed by atoms with Crippen molar-refractivity contribution in [3.05, 3.63) is 39.2 Å². The number of fused-ring (bicyclic) bond motifs is 1. The highest BCUT2D eigenvalue weighted by Crippen LogP contribution is 2.28. The van der Waals surface area contributed by atoms with Gasteiger partial charge in [0.25, 0.3) is 5.56 Å². The third-order valence-corrected chi connectivity index (χ3v) is 5.55. The summed E-state index contributed by atoms with van der Waals surface area (Å²) in [5.41, 5.74) is 0.227. The minimum absolute atomic E-state index is 0.0353. The highest BCUT2D eigenvalue weighted by Gasteiger charge is 2.27. The lowest BCUT2D eigenvalue weighted by Gasteiger charge is -2.32. The Kier molecular flexibility index (Phi) is 6.50. The van der Waals surface area contributed by atoms with E-state index in [1.807, 2.05) is 6.92 Å². The van der Waals surface area contributed by atoms with Crippen molar-refractivity contribution in [1.29, 1.82) is 0 Å². The van der Waals surface area contributed by atoms with Crippen LogP contribution in [0.1, 0.15) is 45.5 Å². The van der Waals surface area contributed by atoms with Gasteiger partial charge in [0.2, 0.25) is 0 Å². The molecule has 148 valence electrons. The van der Waals surface area contributed by atoms with E-state index in [0.29, 0.717) is 23.4 Å². The molecule has 3 rings (SSSR count). The van der Waals surface area contributed by atoms with Crippen LogP contribution in [0.2, 0.25) is 5.02 Å². The molecule has 1 fully saturated rings.